The topological polar surface area (TPSA) is 143 Å². The quantitative estimate of drug-likeness (QED) is 0.335. The molecule has 3 fully saturated rings. The van der Waals surface area contributed by atoms with Crippen LogP contribution in [0.4, 0.5) is 13.2 Å². The number of carbonyl (C=O) groups excluding carboxylic acids is 4. The summed E-state index contributed by atoms with van der Waals surface area (Å²) in [5.74, 6) is -4.56. The first-order chi connectivity index (χ1) is 17.9. The van der Waals surface area contributed by atoms with Gasteiger partial charge in [0.1, 0.15) is 18.1 Å². The van der Waals surface area contributed by atoms with Crippen LogP contribution in [0.25, 0.3) is 0 Å². The van der Waals surface area contributed by atoms with Gasteiger partial charge in [-0.3, -0.25) is 19.2 Å². The molecule has 2 saturated heterocycles. The van der Waals surface area contributed by atoms with E-state index in [9.17, 15) is 37.6 Å². The molecule has 0 aromatic heterocycles. The van der Waals surface area contributed by atoms with Crippen LogP contribution in [-0.4, -0.2) is 79.0 Å². The molecule has 10 nitrogen and oxygen atoms in total. The summed E-state index contributed by atoms with van der Waals surface area (Å²) in [6.07, 6.45) is -3.84. The Morgan fingerprint density at radius 3 is 2.36 bits per heavy atom. The molecule has 3 aliphatic rings. The highest BCUT2D eigenvalue weighted by Gasteiger charge is 2.62. The first kappa shape index (κ1) is 30.7. The average molecular weight is 557 g/mol. The van der Waals surface area contributed by atoms with Crippen LogP contribution in [0.15, 0.2) is 0 Å². The minimum Gasteiger partial charge on any atom is -0.353 e. The molecule has 0 radical (unpaired) electrons. The second kappa shape index (κ2) is 10.9. The number of hydrogen-bond donors (Lipinski definition) is 4. The van der Waals surface area contributed by atoms with Gasteiger partial charge in [0.25, 0.3) is 0 Å². The molecular weight excluding hydrogens is 517 g/mol. The number of nitriles is 1. The van der Waals surface area contributed by atoms with Crippen LogP contribution < -0.4 is 21.3 Å². The van der Waals surface area contributed by atoms with E-state index in [0.717, 1.165) is 0 Å². The molecule has 218 valence electrons. The van der Waals surface area contributed by atoms with E-state index in [4.69, 9.17) is 0 Å². The summed E-state index contributed by atoms with van der Waals surface area (Å²) in [7, 11) is 1.58. The molecule has 13 heteroatoms. The molecule has 3 rings (SSSR count). The summed E-state index contributed by atoms with van der Waals surface area (Å²) < 4.78 is 39.6. The summed E-state index contributed by atoms with van der Waals surface area (Å²) in [6.45, 7) is 9.16. The Hall–Kier alpha value is -2.88. The molecule has 1 unspecified atom stereocenters. The fourth-order valence-electron chi connectivity index (χ4n) is 6.74. The molecule has 2 heterocycles. The lowest BCUT2D eigenvalue weighted by molar-refractivity contribution is -0.176. The maximum Gasteiger partial charge on any atom is 0.471 e. The molecule has 39 heavy (non-hydrogen) atoms. The Balaban J connectivity index is 1.88. The number of amides is 4. The number of halogens is 3. The van der Waals surface area contributed by atoms with Crippen molar-refractivity contribution in [2.24, 2.45) is 28.6 Å². The second-order valence-corrected chi connectivity index (χ2v) is 12.6. The Bertz CT molecular complexity index is 1040. The molecule has 1 aliphatic carbocycles. The lowest BCUT2D eigenvalue weighted by Gasteiger charge is -2.49. The molecule has 0 spiro atoms. The van der Waals surface area contributed by atoms with Crippen molar-refractivity contribution in [2.45, 2.75) is 84.2 Å². The molecule has 0 aromatic carbocycles. The van der Waals surface area contributed by atoms with Crippen molar-refractivity contribution in [3.05, 3.63) is 0 Å². The molecule has 0 aromatic rings. The second-order valence-electron chi connectivity index (χ2n) is 12.6. The van der Waals surface area contributed by atoms with Gasteiger partial charge in [0.15, 0.2) is 0 Å². The molecule has 2 aliphatic heterocycles. The van der Waals surface area contributed by atoms with Crippen LogP contribution in [0.2, 0.25) is 0 Å². The number of hydrogen-bond acceptors (Lipinski definition) is 6. The highest BCUT2D eigenvalue weighted by Crippen LogP contribution is 2.57. The molecular formula is C26H39F3N6O4. The van der Waals surface area contributed by atoms with Gasteiger partial charge in [-0.2, -0.15) is 18.4 Å². The van der Waals surface area contributed by atoms with Crippen LogP contribution >= 0.6 is 0 Å². The summed E-state index contributed by atoms with van der Waals surface area (Å²) in [5.41, 5.74) is -1.46. The van der Waals surface area contributed by atoms with Crippen molar-refractivity contribution >= 4 is 23.6 Å². The van der Waals surface area contributed by atoms with Crippen LogP contribution in [0, 0.1) is 39.9 Å². The van der Waals surface area contributed by atoms with Crippen LogP contribution in [-0.2, 0) is 19.2 Å². The predicted octanol–water partition coefficient (Wildman–Crippen LogP) is 1.08. The van der Waals surface area contributed by atoms with Gasteiger partial charge in [-0.15, -0.1) is 0 Å². The normalized spacial score (nSPS) is 29.4. The first-order valence-electron chi connectivity index (χ1n) is 13.3. The smallest absolute Gasteiger partial charge is 0.353 e. The van der Waals surface area contributed by atoms with Crippen molar-refractivity contribution in [3.63, 3.8) is 0 Å². The molecule has 0 bridgehead atoms. The predicted molar refractivity (Wildman–Crippen MR) is 134 cm³/mol. The van der Waals surface area contributed by atoms with Crippen LogP contribution in [0.3, 0.4) is 0 Å². The average Bonchev–Trinajstić information content (AvgIpc) is 3.31. The first-order valence-corrected chi connectivity index (χ1v) is 13.3. The van der Waals surface area contributed by atoms with E-state index in [0.29, 0.717) is 12.8 Å². The highest BCUT2D eigenvalue weighted by atomic mass is 19.4. The summed E-state index contributed by atoms with van der Waals surface area (Å²) in [5, 5.41) is 19.9. The summed E-state index contributed by atoms with van der Waals surface area (Å²) in [6, 6.07) is -1.60. The van der Waals surface area contributed by atoms with E-state index in [-0.39, 0.29) is 48.7 Å². The summed E-state index contributed by atoms with van der Waals surface area (Å²) in [4.78, 5) is 53.0. The molecule has 4 amide bonds. The Morgan fingerprint density at radius 2 is 1.87 bits per heavy atom. The highest BCUT2D eigenvalue weighted by molar-refractivity contribution is 5.94. The molecule has 7 atom stereocenters. The number of likely N-dealkylation sites (tertiary alicyclic amines) is 1. The number of nitrogens with zero attached hydrogens (tertiary/aromatic N) is 2. The molecule has 4 N–H and O–H groups in total. The third kappa shape index (κ3) is 6.31. The lowest BCUT2D eigenvalue weighted by Crippen LogP contribution is -2.62. The van der Waals surface area contributed by atoms with Gasteiger partial charge in [0.2, 0.25) is 17.7 Å². The van der Waals surface area contributed by atoms with Crippen molar-refractivity contribution < 1.29 is 32.3 Å². The van der Waals surface area contributed by atoms with Gasteiger partial charge in [0.05, 0.1) is 6.07 Å². The van der Waals surface area contributed by atoms with Gasteiger partial charge >= 0.3 is 12.1 Å². The van der Waals surface area contributed by atoms with Gasteiger partial charge in [-0.05, 0) is 50.5 Å². The lowest BCUT2D eigenvalue weighted by atomic mass is 9.55. The van der Waals surface area contributed by atoms with E-state index < -0.39 is 53.4 Å². The van der Waals surface area contributed by atoms with Crippen LogP contribution in [0.5, 0.6) is 0 Å². The minimum absolute atomic E-state index is 0.0400. The van der Waals surface area contributed by atoms with Crippen molar-refractivity contribution in [1.82, 2.24) is 26.2 Å². The number of rotatable bonds is 9. The fourth-order valence-corrected chi connectivity index (χ4v) is 6.74. The molecule has 1 saturated carbocycles. The van der Waals surface area contributed by atoms with Gasteiger partial charge in [-0.1, -0.05) is 27.7 Å². The third-order valence-corrected chi connectivity index (χ3v) is 8.44. The van der Waals surface area contributed by atoms with Crippen molar-refractivity contribution in [1.29, 1.82) is 5.26 Å². The standard InChI is InChI=1S/C26H39F3N6O4/c1-13-7-14(20(36)32-13)8-16(10-30)33-21(37)18-17-15(9-24(17,2)3)11-35(18)22(38)19(25(4,5)12-31-6)34-23(39)26(27,28)29/h13-19,31H,7-9,11-12H2,1-6H3,(H,32,36)(H,33,37)(H,34,39)/t13-,14+,15+,16?,17+,18+,19-/m1/s1. The SMILES string of the molecule is CNCC(C)(C)[C@H](NC(=O)C(F)(F)F)C(=O)N1C[C@@H]2CC(C)(C)[C@@H]2[C@H]1C(=O)NC(C#N)C[C@@H]1C[C@@H](C)NC1=O. The van der Waals surface area contributed by atoms with Crippen molar-refractivity contribution in [3.8, 4) is 6.07 Å². The third-order valence-electron chi connectivity index (χ3n) is 8.44. The monoisotopic (exact) mass is 556 g/mol. The van der Waals surface area contributed by atoms with Gasteiger partial charge in [0, 0.05) is 30.5 Å². The zero-order valence-electron chi connectivity index (χ0n) is 23.2. The number of carbonyl (C=O) groups is 4. The Labute approximate surface area is 226 Å². The van der Waals surface area contributed by atoms with E-state index in [1.807, 2.05) is 32.2 Å². The maximum absolute atomic E-state index is 13.9. The van der Waals surface area contributed by atoms with E-state index >= 15 is 0 Å². The Morgan fingerprint density at radius 1 is 1.23 bits per heavy atom. The van der Waals surface area contributed by atoms with Gasteiger partial charge < -0.3 is 26.2 Å². The minimum atomic E-state index is -5.19. The summed E-state index contributed by atoms with van der Waals surface area (Å²) >= 11 is 0. The van der Waals surface area contributed by atoms with E-state index in [1.165, 1.54) is 4.90 Å². The zero-order chi connectivity index (χ0) is 29.5. The largest absolute Gasteiger partial charge is 0.471 e. The zero-order valence-corrected chi connectivity index (χ0v) is 23.2. The number of fused-ring (bicyclic) bond motifs is 1. The number of alkyl halides is 3. The van der Waals surface area contributed by atoms with E-state index in [2.05, 4.69) is 16.0 Å². The number of nitrogens with one attached hydrogen (secondary N) is 4. The maximum atomic E-state index is 13.9. The van der Waals surface area contributed by atoms with Crippen molar-refractivity contribution in [2.75, 3.05) is 20.1 Å². The Kier molecular flexibility index (Phi) is 8.60. The fraction of sp³-hybridized carbons (Fsp3) is 0.808. The van der Waals surface area contributed by atoms with Crippen LogP contribution in [0.1, 0.15) is 53.9 Å². The van der Waals surface area contributed by atoms with Gasteiger partial charge in [-0.25, -0.2) is 0 Å². The van der Waals surface area contributed by atoms with E-state index in [1.54, 1.807) is 20.9 Å².